The summed E-state index contributed by atoms with van der Waals surface area (Å²) in [7, 11) is -2.76. The van der Waals surface area contributed by atoms with Crippen LogP contribution in [0.1, 0.15) is 243 Å². The first-order chi connectivity index (χ1) is 30.3. The number of unbranched alkanes of at least 4 members (excludes halogenated alkanes) is 18. The van der Waals surface area contributed by atoms with Gasteiger partial charge in [-0.2, -0.15) is 0 Å². The summed E-state index contributed by atoms with van der Waals surface area (Å²) in [5.74, 6) is 0. The molecule has 0 nitrogen and oxygen atoms in total. The van der Waals surface area contributed by atoms with E-state index in [-0.39, 0.29) is 0 Å². The summed E-state index contributed by atoms with van der Waals surface area (Å²) in [4.78, 5) is 0. The standard InChI is InChI=1S/C61H96Si/c1-9-15-21-27-33-52-41-53(34-28-22-16-10-2)45-58(44-52)62(61-40-39-50(7)51(61)8,59-46-54(35-29-23-17-11-3)42-55(47-59)36-30-24-18-12-4)60-48-56(37-31-25-19-13-5)43-57(49-60)38-32-26-20-14-6/h39-49,61H,9-38H2,1-8H3. The quantitative estimate of drug-likeness (QED) is 0.0319. The lowest BCUT2D eigenvalue weighted by molar-refractivity contribution is 0.661. The Labute approximate surface area is 386 Å². The molecule has 1 unspecified atom stereocenters. The summed E-state index contributed by atoms with van der Waals surface area (Å²) >= 11 is 0. The predicted molar refractivity (Wildman–Crippen MR) is 282 cm³/mol. The Morgan fingerprint density at radius 1 is 0.323 bits per heavy atom. The zero-order valence-electron chi connectivity index (χ0n) is 42.1. The first-order valence-electron chi connectivity index (χ1n) is 27.1. The van der Waals surface area contributed by atoms with Gasteiger partial charge in [-0.3, -0.25) is 0 Å². The molecule has 0 radical (unpaired) electrons. The van der Waals surface area contributed by atoms with Crippen molar-refractivity contribution in [3.8, 4) is 0 Å². The number of benzene rings is 3. The molecule has 3 aromatic rings. The van der Waals surface area contributed by atoms with Crippen LogP contribution in [0.4, 0.5) is 0 Å². The van der Waals surface area contributed by atoms with Crippen LogP contribution in [0.25, 0.3) is 0 Å². The van der Waals surface area contributed by atoms with Gasteiger partial charge in [-0.05, 0) is 140 Å². The van der Waals surface area contributed by atoms with Crippen LogP contribution in [0.2, 0.25) is 5.54 Å². The smallest absolute Gasteiger partial charge is 0.0788 e. The van der Waals surface area contributed by atoms with Gasteiger partial charge in [0.1, 0.15) is 0 Å². The van der Waals surface area contributed by atoms with Gasteiger partial charge in [-0.25, -0.2) is 0 Å². The Balaban J connectivity index is 2.12. The van der Waals surface area contributed by atoms with Gasteiger partial charge >= 0.3 is 0 Å². The number of hydrogen-bond acceptors (Lipinski definition) is 0. The van der Waals surface area contributed by atoms with Gasteiger partial charge in [0.15, 0.2) is 8.07 Å². The van der Waals surface area contributed by atoms with E-state index < -0.39 is 8.07 Å². The fraction of sp³-hybridized carbons (Fsp3) is 0.639. The fourth-order valence-electron chi connectivity index (χ4n) is 10.6. The fourth-order valence-corrected chi connectivity index (χ4v) is 16.5. The van der Waals surface area contributed by atoms with Gasteiger partial charge in [0.2, 0.25) is 0 Å². The minimum absolute atomic E-state index is 0.400. The predicted octanol–water partition coefficient (Wildman–Crippen LogP) is 17.2. The second kappa shape index (κ2) is 29.7. The molecule has 3 aromatic carbocycles. The highest BCUT2D eigenvalue weighted by molar-refractivity contribution is 7.13. The molecular formula is C61H96Si. The molecule has 0 spiro atoms. The average Bonchev–Trinajstić information content (AvgIpc) is 3.61. The third-order valence-corrected chi connectivity index (χ3v) is 19.7. The molecule has 0 heterocycles. The highest BCUT2D eigenvalue weighted by Gasteiger charge is 2.48. The van der Waals surface area contributed by atoms with Crippen molar-refractivity contribution in [2.24, 2.45) is 0 Å². The lowest BCUT2D eigenvalue weighted by Crippen LogP contribution is -2.70. The Hall–Kier alpha value is -2.64. The molecule has 62 heavy (non-hydrogen) atoms. The molecule has 1 aliphatic carbocycles. The molecule has 0 aliphatic heterocycles. The molecule has 0 fully saturated rings. The lowest BCUT2D eigenvalue weighted by Gasteiger charge is -2.41. The van der Waals surface area contributed by atoms with Crippen molar-refractivity contribution in [3.63, 3.8) is 0 Å². The van der Waals surface area contributed by atoms with Gasteiger partial charge in [-0.15, -0.1) is 0 Å². The Morgan fingerprint density at radius 3 is 0.758 bits per heavy atom. The van der Waals surface area contributed by atoms with Crippen molar-refractivity contribution in [2.75, 3.05) is 0 Å². The normalized spacial score (nSPS) is 14.2. The molecule has 4 rings (SSSR count). The summed E-state index contributed by atoms with van der Waals surface area (Å²) < 4.78 is 0. The van der Waals surface area contributed by atoms with Crippen LogP contribution in [0, 0.1) is 0 Å². The Kier molecular flexibility index (Phi) is 24.9. The maximum Gasteiger partial charge on any atom is 0.159 e. The summed E-state index contributed by atoms with van der Waals surface area (Å²) in [6.45, 7) is 19.1. The zero-order valence-corrected chi connectivity index (χ0v) is 43.1. The number of hydrogen-bond donors (Lipinski definition) is 0. The molecule has 0 aromatic heterocycles. The minimum atomic E-state index is -2.76. The summed E-state index contributed by atoms with van der Waals surface area (Å²) in [6, 6.07) is 24.8. The molecule has 0 amide bonds. The third-order valence-electron chi connectivity index (χ3n) is 14.5. The SMILES string of the molecule is CCCCCCc1cc(CCCCCC)cc([Si](c2cc(CCCCCC)cc(CCCCCC)c2)(c2cc(CCCCCC)cc(CCCCCC)c2)C2C=CC(C)=C2C)c1. The summed E-state index contributed by atoms with van der Waals surface area (Å²) in [5, 5.41) is 5.08. The van der Waals surface area contributed by atoms with Gasteiger partial charge in [0.05, 0.1) is 0 Å². The first kappa shape index (κ1) is 52.0. The number of aryl methyl sites for hydroxylation is 6. The Bertz CT molecular complexity index is 1490. The van der Waals surface area contributed by atoms with E-state index in [1.54, 1.807) is 54.5 Å². The van der Waals surface area contributed by atoms with E-state index in [4.69, 9.17) is 0 Å². The molecule has 0 saturated carbocycles. The van der Waals surface area contributed by atoms with Gasteiger partial charge in [0.25, 0.3) is 0 Å². The van der Waals surface area contributed by atoms with Crippen LogP contribution in [0.3, 0.4) is 0 Å². The summed E-state index contributed by atoms with van der Waals surface area (Å²) in [5.41, 5.74) is 13.1. The van der Waals surface area contributed by atoms with Crippen LogP contribution in [0.5, 0.6) is 0 Å². The highest BCUT2D eigenvalue weighted by atomic mass is 28.3. The van der Waals surface area contributed by atoms with E-state index in [1.807, 2.05) is 0 Å². The number of allylic oxidation sites excluding steroid dienone is 4. The average molecular weight is 858 g/mol. The lowest BCUT2D eigenvalue weighted by atomic mass is 10.00. The van der Waals surface area contributed by atoms with Crippen LogP contribution < -0.4 is 15.6 Å². The van der Waals surface area contributed by atoms with Gasteiger partial charge in [0, 0.05) is 5.54 Å². The van der Waals surface area contributed by atoms with E-state index >= 15 is 0 Å². The maximum absolute atomic E-state index is 2.80. The van der Waals surface area contributed by atoms with Crippen molar-refractivity contribution in [2.45, 2.75) is 254 Å². The highest BCUT2D eigenvalue weighted by Crippen LogP contribution is 2.39. The van der Waals surface area contributed by atoms with Crippen molar-refractivity contribution in [1.29, 1.82) is 0 Å². The molecule has 0 bridgehead atoms. The van der Waals surface area contributed by atoms with Crippen LogP contribution in [-0.2, 0) is 38.5 Å². The largest absolute Gasteiger partial charge is 0.159 e. The second-order valence-electron chi connectivity index (χ2n) is 20.0. The van der Waals surface area contributed by atoms with Crippen LogP contribution in [0.15, 0.2) is 77.9 Å². The van der Waals surface area contributed by atoms with Crippen molar-refractivity contribution < 1.29 is 0 Å². The second-order valence-corrected chi connectivity index (χ2v) is 24.0. The molecule has 344 valence electrons. The van der Waals surface area contributed by atoms with Gasteiger partial charge in [-0.1, -0.05) is 235 Å². The van der Waals surface area contributed by atoms with E-state index in [1.165, 1.54) is 198 Å². The van der Waals surface area contributed by atoms with Crippen molar-refractivity contribution in [3.05, 3.63) is 111 Å². The third kappa shape index (κ3) is 16.1. The van der Waals surface area contributed by atoms with E-state index in [0.29, 0.717) is 5.54 Å². The molecular weight excluding hydrogens is 761 g/mol. The monoisotopic (exact) mass is 857 g/mol. The topological polar surface area (TPSA) is 0 Å². The summed E-state index contributed by atoms with van der Waals surface area (Å²) in [6.07, 6.45) is 44.1. The van der Waals surface area contributed by atoms with Crippen LogP contribution >= 0.6 is 0 Å². The van der Waals surface area contributed by atoms with Crippen molar-refractivity contribution >= 4 is 23.6 Å². The molecule has 1 aliphatic rings. The molecule has 1 atom stereocenters. The minimum Gasteiger partial charge on any atom is -0.0788 e. The maximum atomic E-state index is 2.80. The van der Waals surface area contributed by atoms with Gasteiger partial charge < -0.3 is 0 Å². The van der Waals surface area contributed by atoms with E-state index in [2.05, 4.69) is 122 Å². The molecule has 0 saturated heterocycles. The zero-order chi connectivity index (χ0) is 44.4. The molecule has 0 N–H and O–H groups in total. The Morgan fingerprint density at radius 2 is 0.565 bits per heavy atom. The molecule has 1 heteroatoms. The van der Waals surface area contributed by atoms with E-state index in [0.717, 1.165) is 0 Å². The van der Waals surface area contributed by atoms with Crippen LogP contribution in [-0.4, -0.2) is 8.07 Å². The van der Waals surface area contributed by atoms with Crippen molar-refractivity contribution in [1.82, 2.24) is 0 Å². The first-order valence-corrected chi connectivity index (χ1v) is 29.2. The van der Waals surface area contributed by atoms with E-state index in [9.17, 15) is 0 Å². The number of rotatable bonds is 34.